The van der Waals surface area contributed by atoms with Crippen LogP contribution >= 0.6 is 0 Å². The van der Waals surface area contributed by atoms with Gasteiger partial charge in [0.15, 0.2) is 0 Å². The number of nitrogens with zero attached hydrogens (tertiary/aromatic N) is 1. The molecule has 1 aliphatic rings. The third kappa shape index (κ3) is 5.02. The largest absolute Gasteiger partial charge is 0.381 e. The van der Waals surface area contributed by atoms with E-state index in [1.807, 2.05) is 36.9 Å². The molecule has 1 aromatic carbocycles. The summed E-state index contributed by atoms with van der Waals surface area (Å²) in [6.07, 6.45) is 2.01. The fourth-order valence-corrected chi connectivity index (χ4v) is 2.82. The number of ether oxygens (including phenoxy) is 1. The van der Waals surface area contributed by atoms with Crippen LogP contribution in [0, 0.1) is 5.41 Å². The Morgan fingerprint density at radius 2 is 1.91 bits per heavy atom. The average Bonchev–Trinajstić information content (AvgIpc) is 2.47. The summed E-state index contributed by atoms with van der Waals surface area (Å²) in [5.41, 5.74) is 1.30. The Balaban J connectivity index is 2.08. The molecule has 4 heteroatoms. The zero-order valence-corrected chi connectivity index (χ0v) is 14.0. The molecular weight excluding hydrogens is 276 g/mol. The molecule has 0 radical (unpaired) electrons. The van der Waals surface area contributed by atoms with Gasteiger partial charge in [-0.1, -0.05) is 37.3 Å². The molecule has 0 aliphatic carbocycles. The Kier molecular flexibility index (Phi) is 5.83. The Labute approximate surface area is 133 Å². The number of amides is 2. The van der Waals surface area contributed by atoms with Crippen molar-refractivity contribution < 1.29 is 9.53 Å². The van der Waals surface area contributed by atoms with Crippen LogP contribution in [0.4, 0.5) is 4.79 Å². The molecule has 0 unspecified atom stereocenters. The second kappa shape index (κ2) is 7.63. The molecule has 2 amide bonds. The summed E-state index contributed by atoms with van der Waals surface area (Å²) in [6.45, 7) is 9.25. The van der Waals surface area contributed by atoms with Crippen LogP contribution in [-0.4, -0.2) is 36.7 Å². The minimum atomic E-state index is 0.0200. The lowest BCUT2D eigenvalue weighted by Crippen LogP contribution is -2.48. The van der Waals surface area contributed by atoms with Crippen LogP contribution in [0.3, 0.4) is 0 Å². The minimum absolute atomic E-state index is 0.0200. The molecule has 1 fully saturated rings. The predicted octanol–water partition coefficient (Wildman–Crippen LogP) is 3.42. The highest BCUT2D eigenvalue weighted by molar-refractivity contribution is 5.74. The molecule has 0 bridgehead atoms. The number of benzene rings is 1. The first-order chi connectivity index (χ1) is 10.5. The van der Waals surface area contributed by atoms with Gasteiger partial charge in [-0.15, -0.1) is 0 Å². The number of urea groups is 1. The average molecular weight is 304 g/mol. The molecular formula is C18H28N2O2. The van der Waals surface area contributed by atoms with Crippen molar-refractivity contribution in [3.05, 3.63) is 35.9 Å². The highest BCUT2D eigenvalue weighted by atomic mass is 16.5. The van der Waals surface area contributed by atoms with Gasteiger partial charge in [-0.05, 0) is 37.7 Å². The fraction of sp³-hybridized carbons (Fsp3) is 0.611. The first kappa shape index (κ1) is 16.8. The van der Waals surface area contributed by atoms with Crippen LogP contribution in [0.2, 0.25) is 0 Å². The Morgan fingerprint density at radius 3 is 2.50 bits per heavy atom. The van der Waals surface area contributed by atoms with Gasteiger partial charge >= 0.3 is 6.03 Å². The molecule has 22 heavy (non-hydrogen) atoms. The maximum absolute atomic E-state index is 12.6. The van der Waals surface area contributed by atoms with Crippen molar-refractivity contribution in [2.24, 2.45) is 5.41 Å². The van der Waals surface area contributed by atoms with E-state index in [0.717, 1.165) is 38.2 Å². The van der Waals surface area contributed by atoms with Crippen molar-refractivity contribution in [2.75, 3.05) is 19.8 Å². The summed E-state index contributed by atoms with van der Waals surface area (Å²) in [6, 6.07) is 10.3. The molecule has 1 N–H and O–H groups in total. The maximum atomic E-state index is 12.6. The van der Waals surface area contributed by atoms with E-state index in [4.69, 9.17) is 4.74 Å². The zero-order chi connectivity index (χ0) is 16.0. The highest BCUT2D eigenvalue weighted by Crippen LogP contribution is 2.31. The maximum Gasteiger partial charge on any atom is 0.317 e. The first-order valence-corrected chi connectivity index (χ1v) is 8.16. The van der Waals surface area contributed by atoms with Crippen LogP contribution in [-0.2, 0) is 11.3 Å². The lowest BCUT2D eigenvalue weighted by Gasteiger charge is -2.38. The number of carbonyl (C=O) groups is 1. The topological polar surface area (TPSA) is 41.6 Å². The monoisotopic (exact) mass is 304 g/mol. The smallest absolute Gasteiger partial charge is 0.317 e. The SMILES string of the molecule is CC(C)NC(=O)N(Cc1ccccc1)CC1(C)CCOCC1. The summed E-state index contributed by atoms with van der Waals surface area (Å²) in [5, 5.41) is 3.03. The van der Waals surface area contributed by atoms with Crippen molar-refractivity contribution in [3.63, 3.8) is 0 Å². The van der Waals surface area contributed by atoms with Crippen LogP contribution < -0.4 is 5.32 Å². The second-order valence-corrected chi connectivity index (χ2v) is 6.87. The van der Waals surface area contributed by atoms with Gasteiger partial charge in [0.05, 0.1) is 0 Å². The molecule has 4 nitrogen and oxygen atoms in total. The van der Waals surface area contributed by atoms with Crippen LogP contribution in [0.1, 0.15) is 39.2 Å². The van der Waals surface area contributed by atoms with Gasteiger partial charge in [-0.3, -0.25) is 0 Å². The summed E-state index contributed by atoms with van der Waals surface area (Å²) in [7, 11) is 0. The molecule has 122 valence electrons. The summed E-state index contributed by atoms with van der Waals surface area (Å²) in [5.74, 6) is 0. The van der Waals surface area contributed by atoms with E-state index in [0.29, 0.717) is 6.54 Å². The predicted molar refractivity (Wildman–Crippen MR) is 88.7 cm³/mol. The van der Waals surface area contributed by atoms with Crippen molar-refractivity contribution in [2.45, 2.75) is 46.2 Å². The fourth-order valence-electron chi connectivity index (χ4n) is 2.82. The summed E-state index contributed by atoms with van der Waals surface area (Å²) < 4.78 is 5.47. The second-order valence-electron chi connectivity index (χ2n) is 6.87. The summed E-state index contributed by atoms with van der Waals surface area (Å²) in [4.78, 5) is 14.5. The normalized spacial score (nSPS) is 17.3. The molecule has 1 aliphatic heterocycles. The Bertz CT molecular complexity index is 467. The number of nitrogens with one attached hydrogen (secondary N) is 1. The van der Waals surface area contributed by atoms with Crippen LogP contribution in [0.15, 0.2) is 30.3 Å². The van der Waals surface area contributed by atoms with Gasteiger partial charge < -0.3 is 15.0 Å². The highest BCUT2D eigenvalue weighted by Gasteiger charge is 2.31. The lowest BCUT2D eigenvalue weighted by atomic mass is 9.82. The van der Waals surface area contributed by atoms with Gasteiger partial charge in [-0.25, -0.2) is 4.79 Å². The Hall–Kier alpha value is -1.55. The van der Waals surface area contributed by atoms with E-state index in [1.54, 1.807) is 0 Å². The molecule has 0 spiro atoms. The van der Waals surface area contributed by atoms with E-state index < -0.39 is 0 Å². The zero-order valence-electron chi connectivity index (χ0n) is 14.0. The third-order valence-corrected chi connectivity index (χ3v) is 4.19. The summed E-state index contributed by atoms with van der Waals surface area (Å²) >= 11 is 0. The molecule has 2 rings (SSSR count). The van der Waals surface area contributed by atoms with E-state index in [1.165, 1.54) is 0 Å². The van der Waals surface area contributed by atoms with Crippen molar-refractivity contribution >= 4 is 6.03 Å². The van der Waals surface area contributed by atoms with Gasteiger partial charge in [0.2, 0.25) is 0 Å². The number of carbonyl (C=O) groups excluding carboxylic acids is 1. The van der Waals surface area contributed by atoms with Crippen molar-refractivity contribution in [1.29, 1.82) is 0 Å². The molecule has 1 saturated heterocycles. The Morgan fingerprint density at radius 1 is 1.27 bits per heavy atom. The number of hydrogen-bond donors (Lipinski definition) is 1. The van der Waals surface area contributed by atoms with Crippen molar-refractivity contribution in [1.82, 2.24) is 10.2 Å². The standard InChI is InChI=1S/C18H28N2O2/c1-15(2)19-17(21)20(13-16-7-5-4-6-8-16)14-18(3)9-11-22-12-10-18/h4-8,15H,9-14H2,1-3H3,(H,19,21). The van der Waals surface area contributed by atoms with Gasteiger partial charge in [0.25, 0.3) is 0 Å². The van der Waals surface area contributed by atoms with Crippen LogP contribution in [0.25, 0.3) is 0 Å². The van der Waals surface area contributed by atoms with E-state index in [9.17, 15) is 4.79 Å². The van der Waals surface area contributed by atoms with Gasteiger partial charge in [0, 0.05) is 32.3 Å². The number of rotatable bonds is 5. The van der Waals surface area contributed by atoms with Crippen LogP contribution in [0.5, 0.6) is 0 Å². The third-order valence-electron chi connectivity index (χ3n) is 4.19. The number of hydrogen-bond acceptors (Lipinski definition) is 2. The molecule has 0 aromatic heterocycles. The van der Waals surface area contributed by atoms with Crippen molar-refractivity contribution in [3.8, 4) is 0 Å². The van der Waals surface area contributed by atoms with E-state index >= 15 is 0 Å². The van der Waals surface area contributed by atoms with Gasteiger partial charge in [0.1, 0.15) is 0 Å². The minimum Gasteiger partial charge on any atom is -0.381 e. The quantitative estimate of drug-likeness (QED) is 0.905. The molecule has 1 aromatic rings. The lowest BCUT2D eigenvalue weighted by molar-refractivity contribution is 0.00953. The van der Waals surface area contributed by atoms with E-state index in [2.05, 4.69) is 24.4 Å². The first-order valence-electron chi connectivity index (χ1n) is 8.16. The van der Waals surface area contributed by atoms with Gasteiger partial charge in [-0.2, -0.15) is 0 Å². The molecule has 1 heterocycles. The molecule has 0 saturated carbocycles. The van der Waals surface area contributed by atoms with E-state index in [-0.39, 0.29) is 17.5 Å². The molecule has 0 atom stereocenters.